The lowest BCUT2D eigenvalue weighted by atomic mass is 10.2. The van der Waals surface area contributed by atoms with Gasteiger partial charge in [0.2, 0.25) is 5.89 Å². The summed E-state index contributed by atoms with van der Waals surface area (Å²) in [6.07, 6.45) is -3.94. The molecular formula is C10H10F3N3O2. The summed E-state index contributed by atoms with van der Waals surface area (Å²) in [6, 6.07) is 0. The van der Waals surface area contributed by atoms with Gasteiger partial charge in [-0.05, 0) is 6.42 Å². The lowest BCUT2D eigenvalue weighted by Crippen LogP contribution is -2.10. The molecule has 0 radical (unpaired) electrons. The molecule has 0 atom stereocenters. The fourth-order valence-electron chi connectivity index (χ4n) is 1.54. The smallest absolute Gasteiger partial charge is 0.389 e. The van der Waals surface area contributed by atoms with E-state index in [-0.39, 0.29) is 24.2 Å². The van der Waals surface area contributed by atoms with Gasteiger partial charge >= 0.3 is 11.8 Å². The average Bonchev–Trinajstić information content (AvgIpc) is 2.59. The van der Waals surface area contributed by atoms with Gasteiger partial charge in [0.15, 0.2) is 11.2 Å². The van der Waals surface area contributed by atoms with E-state index in [1.807, 2.05) is 0 Å². The van der Waals surface area contributed by atoms with Crippen LogP contribution in [0.15, 0.2) is 15.5 Å². The van der Waals surface area contributed by atoms with Crippen LogP contribution >= 0.6 is 0 Å². The number of aryl methyl sites for hydroxylation is 2. The highest BCUT2D eigenvalue weighted by Gasteiger charge is 2.26. The molecule has 0 unspecified atom stereocenters. The van der Waals surface area contributed by atoms with Crippen molar-refractivity contribution in [1.82, 2.24) is 14.5 Å². The fourth-order valence-corrected chi connectivity index (χ4v) is 1.54. The Bertz CT molecular complexity index is 615. The molecule has 0 bridgehead atoms. The van der Waals surface area contributed by atoms with E-state index in [0.29, 0.717) is 5.65 Å². The Balaban J connectivity index is 2.19. The fraction of sp³-hybridized carbons (Fsp3) is 0.500. The maximum Gasteiger partial charge on any atom is 0.389 e. The second-order valence-electron chi connectivity index (χ2n) is 3.89. The number of halogens is 3. The summed E-state index contributed by atoms with van der Waals surface area (Å²) in [4.78, 5) is 19.2. The normalized spacial score (nSPS) is 12.2. The Morgan fingerprint density at radius 3 is 2.83 bits per heavy atom. The standard InChI is InChI=1S/C10H10F3N3O2/c1-16-5-14-7-8(16)15-6(18-9(7)17)3-2-4-10(11,12)13/h5H,2-4H2,1H3. The molecule has 8 heteroatoms. The molecule has 0 aliphatic carbocycles. The maximum atomic E-state index is 12.0. The van der Waals surface area contributed by atoms with Gasteiger partial charge in [-0.3, -0.25) is 0 Å². The van der Waals surface area contributed by atoms with Crippen LogP contribution in [0.1, 0.15) is 18.7 Å². The van der Waals surface area contributed by atoms with E-state index in [9.17, 15) is 18.0 Å². The van der Waals surface area contributed by atoms with Gasteiger partial charge in [0.05, 0.1) is 6.33 Å². The first-order chi connectivity index (χ1) is 8.37. The highest BCUT2D eigenvalue weighted by atomic mass is 19.4. The van der Waals surface area contributed by atoms with Crippen LogP contribution in [0.5, 0.6) is 0 Å². The van der Waals surface area contributed by atoms with Crippen LogP contribution in [0.4, 0.5) is 13.2 Å². The molecule has 0 N–H and O–H groups in total. The SMILES string of the molecule is Cn1cnc2c(=O)oc(CCCC(F)(F)F)nc21. The molecule has 0 aliphatic heterocycles. The largest absolute Gasteiger partial charge is 0.407 e. The molecule has 18 heavy (non-hydrogen) atoms. The molecule has 0 aliphatic rings. The summed E-state index contributed by atoms with van der Waals surface area (Å²) in [5, 5.41) is 0. The van der Waals surface area contributed by atoms with E-state index < -0.39 is 18.2 Å². The molecule has 0 saturated heterocycles. The predicted octanol–water partition coefficient (Wildman–Crippen LogP) is 1.81. The minimum atomic E-state index is -4.21. The zero-order chi connectivity index (χ0) is 13.3. The van der Waals surface area contributed by atoms with Crippen molar-refractivity contribution in [2.45, 2.75) is 25.4 Å². The van der Waals surface area contributed by atoms with Gasteiger partial charge in [-0.15, -0.1) is 0 Å². The second kappa shape index (κ2) is 4.43. The van der Waals surface area contributed by atoms with Gasteiger partial charge in [-0.2, -0.15) is 18.2 Å². The van der Waals surface area contributed by atoms with Crippen LogP contribution < -0.4 is 5.63 Å². The first kappa shape index (κ1) is 12.6. The highest BCUT2D eigenvalue weighted by molar-refractivity contribution is 5.68. The van der Waals surface area contributed by atoms with E-state index in [1.165, 1.54) is 10.9 Å². The molecule has 0 fully saturated rings. The monoisotopic (exact) mass is 261 g/mol. The van der Waals surface area contributed by atoms with E-state index >= 15 is 0 Å². The lowest BCUT2D eigenvalue weighted by Gasteiger charge is -2.04. The van der Waals surface area contributed by atoms with Crippen LogP contribution in [0.2, 0.25) is 0 Å². The van der Waals surface area contributed by atoms with Crippen molar-refractivity contribution in [2.75, 3.05) is 0 Å². The van der Waals surface area contributed by atoms with Gasteiger partial charge in [0.1, 0.15) is 0 Å². The average molecular weight is 261 g/mol. The molecule has 2 heterocycles. The van der Waals surface area contributed by atoms with Crippen molar-refractivity contribution < 1.29 is 17.6 Å². The Morgan fingerprint density at radius 2 is 2.17 bits per heavy atom. The Kier molecular flexibility index (Phi) is 3.10. The molecular weight excluding hydrogens is 251 g/mol. The first-order valence-corrected chi connectivity index (χ1v) is 5.24. The minimum Gasteiger partial charge on any atom is -0.407 e. The molecule has 2 aromatic rings. The summed E-state index contributed by atoms with van der Waals surface area (Å²) >= 11 is 0. The number of hydrogen-bond donors (Lipinski definition) is 0. The molecule has 5 nitrogen and oxygen atoms in total. The molecule has 0 amide bonds. The van der Waals surface area contributed by atoms with E-state index in [0.717, 1.165) is 0 Å². The number of imidazole rings is 1. The number of nitrogens with zero attached hydrogens (tertiary/aromatic N) is 3. The zero-order valence-electron chi connectivity index (χ0n) is 9.49. The van der Waals surface area contributed by atoms with Crippen molar-refractivity contribution in [1.29, 1.82) is 0 Å². The third-order valence-corrected chi connectivity index (χ3v) is 2.39. The van der Waals surface area contributed by atoms with Crippen LogP contribution in [0.3, 0.4) is 0 Å². The Hall–Kier alpha value is -1.86. The maximum absolute atomic E-state index is 12.0. The van der Waals surface area contributed by atoms with Crippen molar-refractivity contribution in [3.05, 3.63) is 22.6 Å². The number of rotatable bonds is 3. The zero-order valence-corrected chi connectivity index (χ0v) is 9.49. The highest BCUT2D eigenvalue weighted by Crippen LogP contribution is 2.22. The summed E-state index contributed by atoms with van der Waals surface area (Å²) in [5.74, 6) is 0.000324. The van der Waals surface area contributed by atoms with Crippen molar-refractivity contribution in [3.8, 4) is 0 Å². The molecule has 0 saturated carbocycles. The molecule has 2 aromatic heterocycles. The molecule has 0 spiro atoms. The number of aromatic nitrogens is 3. The number of hydrogen-bond acceptors (Lipinski definition) is 4. The minimum absolute atomic E-state index is 0.000324. The van der Waals surface area contributed by atoms with Gasteiger partial charge in [0.25, 0.3) is 0 Å². The quantitative estimate of drug-likeness (QED) is 0.845. The number of fused-ring (bicyclic) bond motifs is 1. The van der Waals surface area contributed by atoms with Crippen LogP contribution in [-0.4, -0.2) is 20.7 Å². The lowest BCUT2D eigenvalue weighted by molar-refractivity contribution is -0.135. The van der Waals surface area contributed by atoms with Gasteiger partial charge in [-0.25, -0.2) is 9.78 Å². The van der Waals surface area contributed by atoms with Gasteiger partial charge < -0.3 is 8.98 Å². The van der Waals surface area contributed by atoms with E-state index in [4.69, 9.17) is 4.42 Å². The topological polar surface area (TPSA) is 60.9 Å². The summed E-state index contributed by atoms with van der Waals surface area (Å²) in [5.41, 5.74) is -0.284. The van der Waals surface area contributed by atoms with Crippen molar-refractivity contribution >= 4 is 11.2 Å². The summed E-state index contributed by atoms with van der Waals surface area (Å²) < 4.78 is 42.3. The van der Waals surface area contributed by atoms with E-state index in [1.54, 1.807) is 7.05 Å². The third-order valence-electron chi connectivity index (χ3n) is 2.39. The predicted molar refractivity (Wildman–Crippen MR) is 56.0 cm³/mol. The van der Waals surface area contributed by atoms with E-state index in [2.05, 4.69) is 9.97 Å². The van der Waals surface area contributed by atoms with Crippen molar-refractivity contribution in [3.63, 3.8) is 0 Å². The summed E-state index contributed by atoms with van der Waals surface area (Å²) in [6.45, 7) is 0. The van der Waals surface area contributed by atoms with Gasteiger partial charge in [0, 0.05) is 19.9 Å². The Morgan fingerprint density at radius 1 is 1.44 bits per heavy atom. The summed E-state index contributed by atoms with van der Waals surface area (Å²) in [7, 11) is 1.64. The number of alkyl halides is 3. The van der Waals surface area contributed by atoms with Gasteiger partial charge in [-0.1, -0.05) is 0 Å². The third kappa shape index (κ3) is 2.69. The van der Waals surface area contributed by atoms with Crippen LogP contribution in [-0.2, 0) is 13.5 Å². The Labute approximate surface area is 99.3 Å². The molecule has 2 rings (SSSR count). The van der Waals surface area contributed by atoms with Crippen LogP contribution in [0.25, 0.3) is 11.2 Å². The second-order valence-corrected chi connectivity index (χ2v) is 3.89. The molecule has 0 aromatic carbocycles. The van der Waals surface area contributed by atoms with Crippen molar-refractivity contribution in [2.24, 2.45) is 7.05 Å². The van der Waals surface area contributed by atoms with Crippen LogP contribution in [0, 0.1) is 0 Å². The molecule has 98 valence electrons. The first-order valence-electron chi connectivity index (χ1n) is 5.24.